The summed E-state index contributed by atoms with van der Waals surface area (Å²) >= 11 is 0. The monoisotopic (exact) mass is 432 g/mol. The molecule has 168 valence electrons. The number of likely N-dealkylation sites (tertiary alicyclic amines) is 1. The van der Waals surface area contributed by atoms with Gasteiger partial charge in [-0.1, -0.05) is 78.5 Å². The van der Waals surface area contributed by atoms with E-state index in [0.29, 0.717) is 25.9 Å². The number of aliphatic hydroxyl groups is 1. The molecule has 1 heterocycles. The second-order valence-electron chi connectivity index (χ2n) is 9.03. The molecule has 4 aliphatic rings. The Labute approximate surface area is 190 Å². The smallest absolute Gasteiger partial charge is 0.222 e. The van der Waals surface area contributed by atoms with Crippen molar-refractivity contribution in [3.63, 3.8) is 0 Å². The highest BCUT2D eigenvalue weighted by atomic mass is 16.3. The molecule has 0 radical (unpaired) electrons. The summed E-state index contributed by atoms with van der Waals surface area (Å²) in [6, 6.07) is -0.364. The highest BCUT2D eigenvalue weighted by molar-refractivity contribution is 5.77. The quantitative estimate of drug-likeness (QED) is 0.698. The number of carbonyl (C=O) groups excluding carboxylic acids is 2. The maximum absolute atomic E-state index is 12.6. The Balaban J connectivity index is 1.41. The molecule has 1 fully saturated rings. The lowest BCUT2D eigenvalue weighted by molar-refractivity contribution is -0.132. The molecule has 0 aromatic heterocycles. The molecule has 0 bridgehead atoms. The van der Waals surface area contributed by atoms with Crippen molar-refractivity contribution in [3.05, 3.63) is 84.1 Å². The lowest BCUT2D eigenvalue weighted by Crippen LogP contribution is -2.39. The number of piperidine rings is 1. The minimum absolute atomic E-state index is 0.0881. The Kier molecular flexibility index (Phi) is 6.47. The van der Waals surface area contributed by atoms with Crippen LogP contribution >= 0.6 is 0 Å². The molecule has 32 heavy (non-hydrogen) atoms. The minimum atomic E-state index is -0.364. The van der Waals surface area contributed by atoms with Crippen LogP contribution in [0.25, 0.3) is 0 Å². The third-order valence-electron chi connectivity index (χ3n) is 7.00. The first-order valence-corrected chi connectivity index (χ1v) is 11.5. The Morgan fingerprint density at radius 2 is 1.50 bits per heavy atom. The van der Waals surface area contributed by atoms with Gasteiger partial charge < -0.3 is 15.3 Å². The number of aliphatic hydroxyl groups excluding tert-OH is 1. The summed E-state index contributed by atoms with van der Waals surface area (Å²) in [6.07, 6.45) is 29.2. The summed E-state index contributed by atoms with van der Waals surface area (Å²) in [4.78, 5) is 25.7. The molecular weight excluding hydrogens is 400 g/mol. The highest BCUT2D eigenvalue weighted by Crippen LogP contribution is 2.52. The van der Waals surface area contributed by atoms with E-state index >= 15 is 0 Å². The van der Waals surface area contributed by atoms with Crippen LogP contribution in [0.1, 0.15) is 32.6 Å². The van der Waals surface area contributed by atoms with Gasteiger partial charge in [0.1, 0.15) is 0 Å². The molecule has 2 amide bonds. The number of allylic oxidation sites excluding steroid dienone is 13. The molecule has 1 atom stereocenters. The summed E-state index contributed by atoms with van der Waals surface area (Å²) in [5, 5.41) is 12.1. The Hall–Kier alpha value is -2.92. The predicted octanol–water partition coefficient (Wildman–Crippen LogP) is 3.53. The molecule has 1 saturated heterocycles. The molecule has 0 aromatic rings. The molecule has 2 N–H and O–H groups in total. The molecule has 5 heteroatoms. The number of nitrogens with zero attached hydrogens (tertiary/aromatic N) is 1. The SMILES string of the molecule is CC(=O)N[C@H](CO)CCC(=O)N1CCC(=C2C=CC34C=CC=CC3(C=CC=C4)C=C2)CC1. The average molecular weight is 433 g/mol. The zero-order chi connectivity index (χ0) is 22.6. The first-order valence-electron chi connectivity index (χ1n) is 11.5. The molecule has 0 spiro atoms. The van der Waals surface area contributed by atoms with Crippen LogP contribution < -0.4 is 5.32 Å². The second-order valence-corrected chi connectivity index (χ2v) is 9.03. The average Bonchev–Trinajstić information content (AvgIpc) is 2.99. The molecule has 1 aliphatic heterocycles. The predicted molar refractivity (Wildman–Crippen MR) is 126 cm³/mol. The van der Waals surface area contributed by atoms with Gasteiger partial charge in [-0.25, -0.2) is 0 Å². The highest BCUT2D eigenvalue weighted by Gasteiger charge is 2.44. The summed E-state index contributed by atoms with van der Waals surface area (Å²) in [5.41, 5.74) is 2.31. The van der Waals surface area contributed by atoms with Crippen LogP contribution in [0.4, 0.5) is 0 Å². The van der Waals surface area contributed by atoms with Crippen molar-refractivity contribution in [1.29, 1.82) is 0 Å². The fraction of sp³-hybridized carbons (Fsp3) is 0.407. The minimum Gasteiger partial charge on any atom is -0.394 e. The van der Waals surface area contributed by atoms with Crippen molar-refractivity contribution in [3.8, 4) is 0 Å². The second kappa shape index (κ2) is 9.29. The van der Waals surface area contributed by atoms with E-state index in [1.165, 1.54) is 18.1 Å². The van der Waals surface area contributed by atoms with Gasteiger partial charge in [0, 0.05) is 37.3 Å². The van der Waals surface area contributed by atoms with Gasteiger partial charge in [0.15, 0.2) is 0 Å². The van der Waals surface area contributed by atoms with E-state index in [0.717, 1.165) is 12.8 Å². The van der Waals surface area contributed by atoms with Crippen LogP contribution in [-0.2, 0) is 9.59 Å². The van der Waals surface area contributed by atoms with E-state index in [-0.39, 0.29) is 35.3 Å². The van der Waals surface area contributed by atoms with Crippen molar-refractivity contribution in [2.24, 2.45) is 10.8 Å². The van der Waals surface area contributed by atoms with Crippen molar-refractivity contribution in [2.75, 3.05) is 19.7 Å². The van der Waals surface area contributed by atoms with E-state index in [4.69, 9.17) is 0 Å². The largest absolute Gasteiger partial charge is 0.394 e. The normalized spacial score (nSPS) is 28.9. The number of rotatable bonds is 5. The van der Waals surface area contributed by atoms with E-state index in [9.17, 15) is 14.7 Å². The number of carbonyl (C=O) groups is 2. The summed E-state index contributed by atoms with van der Waals surface area (Å²) < 4.78 is 0. The molecule has 4 rings (SSSR count). The van der Waals surface area contributed by atoms with Gasteiger partial charge in [0.25, 0.3) is 0 Å². The van der Waals surface area contributed by atoms with Crippen LogP contribution in [0.3, 0.4) is 0 Å². The number of nitrogens with one attached hydrogen (secondary N) is 1. The van der Waals surface area contributed by atoms with Crippen molar-refractivity contribution in [1.82, 2.24) is 10.2 Å². The number of amides is 2. The summed E-state index contributed by atoms with van der Waals surface area (Å²) in [7, 11) is 0. The fourth-order valence-corrected chi connectivity index (χ4v) is 5.07. The third kappa shape index (κ3) is 4.35. The Morgan fingerprint density at radius 1 is 0.969 bits per heavy atom. The zero-order valence-electron chi connectivity index (χ0n) is 18.7. The molecule has 5 nitrogen and oxygen atoms in total. The van der Waals surface area contributed by atoms with Crippen molar-refractivity contribution < 1.29 is 14.7 Å². The van der Waals surface area contributed by atoms with Crippen LogP contribution in [-0.4, -0.2) is 47.6 Å². The van der Waals surface area contributed by atoms with Crippen molar-refractivity contribution >= 4 is 11.8 Å². The van der Waals surface area contributed by atoms with Crippen molar-refractivity contribution in [2.45, 2.75) is 38.6 Å². The lowest BCUT2D eigenvalue weighted by atomic mass is 9.59. The van der Waals surface area contributed by atoms with Crippen LogP contribution in [0, 0.1) is 10.8 Å². The summed E-state index contributed by atoms with van der Waals surface area (Å²) in [6.45, 7) is 2.68. The lowest BCUT2D eigenvalue weighted by Gasteiger charge is -2.43. The van der Waals surface area contributed by atoms with E-state index in [1.54, 1.807) is 0 Å². The van der Waals surface area contributed by atoms with Crippen LogP contribution in [0.5, 0.6) is 0 Å². The number of hydrogen-bond acceptors (Lipinski definition) is 3. The molecule has 3 aliphatic carbocycles. The van der Waals surface area contributed by atoms with Gasteiger partial charge in [0.2, 0.25) is 11.8 Å². The maximum Gasteiger partial charge on any atom is 0.222 e. The first kappa shape index (κ1) is 22.3. The Morgan fingerprint density at radius 3 is 1.97 bits per heavy atom. The number of hydrogen-bond donors (Lipinski definition) is 2. The molecular formula is C27H32N2O3. The third-order valence-corrected chi connectivity index (χ3v) is 7.00. The molecule has 0 aromatic carbocycles. The van der Waals surface area contributed by atoms with Gasteiger partial charge in [-0.05, 0) is 24.8 Å². The Bertz CT molecular complexity index is 897. The zero-order valence-corrected chi connectivity index (χ0v) is 18.7. The maximum atomic E-state index is 12.6. The van der Waals surface area contributed by atoms with E-state index < -0.39 is 0 Å². The van der Waals surface area contributed by atoms with Crippen LogP contribution in [0.15, 0.2) is 84.1 Å². The first-order chi connectivity index (χ1) is 15.5. The van der Waals surface area contributed by atoms with Gasteiger partial charge >= 0.3 is 0 Å². The topological polar surface area (TPSA) is 69.6 Å². The standard InChI is InChI=1S/C27H32N2O3/c1-21(31)28-24(20-30)6-7-25(32)29-18-10-23(11-19-29)22-8-16-26-12-2-3-13-27(26,17-9-22)15-5-4-14-26/h2-5,8-9,12-17,24,30H,6-7,10-11,18-20H2,1H3,(H,28,31)/t24-,26?,27?/m0/s1. The van der Waals surface area contributed by atoms with Crippen LogP contribution in [0.2, 0.25) is 0 Å². The van der Waals surface area contributed by atoms with Gasteiger partial charge in [-0.2, -0.15) is 0 Å². The molecule has 0 unspecified atom stereocenters. The van der Waals surface area contributed by atoms with Gasteiger partial charge in [-0.15, -0.1) is 0 Å². The van der Waals surface area contributed by atoms with Gasteiger partial charge in [0.05, 0.1) is 12.6 Å². The summed E-state index contributed by atoms with van der Waals surface area (Å²) in [5.74, 6) is -0.101. The van der Waals surface area contributed by atoms with E-state index in [1.807, 2.05) is 4.90 Å². The fourth-order valence-electron chi connectivity index (χ4n) is 5.07. The molecule has 0 saturated carbocycles. The van der Waals surface area contributed by atoms with Gasteiger partial charge in [-0.3, -0.25) is 9.59 Å². The van der Waals surface area contributed by atoms with E-state index in [2.05, 4.69) is 78.2 Å².